The number of unbranched alkanes of at least 4 members (excludes halogenated alkanes) is 53. The Morgan fingerprint density at radius 2 is 0.588 bits per heavy atom. The monoisotopic (exact) mass is 1120 g/mol. The van der Waals surface area contributed by atoms with Crippen LogP contribution in [0.15, 0.2) is 36.5 Å². The van der Waals surface area contributed by atoms with Gasteiger partial charge in [-0.15, -0.1) is 0 Å². The molecular formula is C74H141NO5. The van der Waals surface area contributed by atoms with Gasteiger partial charge >= 0.3 is 5.97 Å². The van der Waals surface area contributed by atoms with E-state index in [1.165, 1.54) is 327 Å². The van der Waals surface area contributed by atoms with Crippen molar-refractivity contribution in [1.29, 1.82) is 0 Å². The highest BCUT2D eigenvalue weighted by Crippen LogP contribution is 2.18. The highest BCUT2D eigenvalue weighted by atomic mass is 16.5. The Balaban J connectivity index is 3.41. The van der Waals surface area contributed by atoms with Crippen molar-refractivity contribution in [2.24, 2.45) is 0 Å². The second kappa shape index (κ2) is 69.6. The number of allylic oxidation sites excluding steroid dienone is 5. The lowest BCUT2D eigenvalue weighted by Crippen LogP contribution is -2.45. The molecule has 0 aliphatic heterocycles. The van der Waals surface area contributed by atoms with Crippen LogP contribution >= 0.6 is 0 Å². The van der Waals surface area contributed by atoms with Gasteiger partial charge in [-0.3, -0.25) is 9.59 Å². The van der Waals surface area contributed by atoms with Crippen molar-refractivity contribution in [1.82, 2.24) is 5.32 Å². The zero-order valence-electron chi connectivity index (χ0n) is 54.1. The van der Waals surface area contributed by atoms with Crippen LogP contribution in [0.1, 0.15) is 399 Å². The number of aliphatic hydroxyl groups is 2. The smallest absolute Gasteiger partial charge is 0.305 e. The first kappa shape index (κ1) is 78.1. The van der Waals surface area contributed by atoms with Crippen LogP contribution in [0, 0.1) is 0 Å². The summed E-state index contributed by atoms with van der Waals surface area (Å²) in [6.45, 7) is 4.93. The van der Waals surface area contributed by atoms with Gasteiger partial charge in [0.2, 0.25) is 5.91 Å². The van der Waals surface area contributed by atoms with E-state index >= 15 is 0 Å². The molecule has 6 nitrogen and oxygen atoms in total. The van der Waals surface area contributed by atoms with Gasteiger partial charge in [-0.1, -0.05) is 339 Å². The van der Waals surface area contributed by atoms with Gasteiger partial charge in [-0.05, 0) is 83.5 Å². The second-order valence-corrected chi connectivity index (χ2v) is 24.9. The van der Waals surface area contributed by atoms with Gasteiger partial charge in [-0.25, -0.2) is 0 Å². The molecule has 0 aliphatic rings. The summed E-state index contributed by atoms with van der Waals surface area (Å²) in [5, 5.41) is 23.3. The van der Waals surface area contributed by atoms with Crippen molar-refractivity contribution >= 4 is 11.9 Å². The van der Waals surface area contributed by atoms with Crippen LogP contribution in [-0.2, 0) is 14.3 Å². The van der Waals surface area contributed by atoms with E-state index in [0.717, 1.165) is 44.9 Å². The van der Waals surface area contributed by atoms with Crippen molar-refractivity contribution in [2.75, 3.05) is 13.2 Å². The summed E-state index contributed by atoms with van der Waals surface area (Å²) in [6.07, 6.45) is 89.4. The molecule has 0 heterocycles. The Kier molecular flexibility index (Phi) is 67.9. The summed E-state index contributed by atoms with van der Waals surface area (Å²) >= 11 is 0. The number of carbonyl (C=O) groups is 2. The molecule has 2 atom stereocenters. The average Bonchev–Trinajstić information content (AvgIpc) is 3.46. The first-order valence-corrected chi connectivity index (χ1v) is 36.3. The number of carbonyl (C=O) groups excluding carboxylic acids is 2. The van der Waals surface area contributed by atoms with Crippen molar-refractivity contribution in [3.8, 4) is 0 Å². The summed E-state index contributed by atoms with van der Waals surface area (Å²) in [4.78, 5) is 24.6. The molecule has 0 aromatic heterocycles. The van der Waals surface area contributed by atoms with Gasteiger partial charge in [0.05, 0.1) is 25.4 Å². The molecule has 0 fully saturated rings. The maximum Gasteiger partial charge on any atom is 0.305 e. The van der Waals surface area contributed by atoms with E-state index in [4.69, 9.17) is 4.74 Å². The Morgan fingerprint density at radius 3 is 0.887 bits per heavy atom. The number of hydrogen-bond donors (Lipinski definition) is 3. The standard InChI is InChI=1S/C74H141NO5/c1-3-5-7-9-11-13-15-17-19-21-22-29-32-35-38-42-46-50-54-58-62-66-72(77)71(70-76)75-73(78)67-63-59-55-51-47-43-39-36-33-30-27-25-23-24-26-28-31-34-37-41-45-49-53-57-61-65-69-80-74(79)68-64-60-56-52-48-44-40-20-18-16-14-12-10-8-6-4-2/h20,23,25,40,62,66,71-72,76-77H,3-19,21-22,24,26-39,41-61,63-65,67-70H2,1-2H3,(H,75,78)/b25-23-,40-20-,66-62+. The molecule has 0 radical (unpaired) electrons. The van der Waals surface area contributed by atoms with Crippen molar-refractivity contribution < 1.29 is 24.5 Å². The van der Waals surface area contributed by atoms with E-state index in [1.54, 1.807) is 6.08 Å². The maximum absolute atomic E-state index is 12.5. The van der Waals surface area contributed by atoms with Crippen LogP contribution in [0.25, 0.3) is 0 Å². The largest absolute Gasteiger partial charge is 0.466 e. The summed E-state index contributed by atoms with van der Waals surface area (Å²) in [6, 6.07) is -0.631. The molecule has 2 unspecified atom stereocenters. The lowest BCUT2D eigenvalue weighted by atomic mass is 10.0. The van der Waals surface area contributed by atoms with Gasteiger partial charge in [0, 0.05) is 12.8 Å². The Morgan fingerprint density at radius 1 is 0.338 bits per heavy atom. The van der Waals surface area contributed by atoms with Gasteiger partial charge in [0.15, 0.2) is 0 Å². The van der Waals surface area contributed by atoms with Crippen molar-refractivity contribution in [3.05, 3.63) is 36.5 Å². The van der Waals surface area contributed by atoms with E-state index in [-0.39, 0.29) is 18.5 Å². The molecule has 0 spiro atoms. The fourth-order valence-corrected chi connectivity index (χ4v) is 11.3. The third kappa shape index (κ3) is 65.2. The van der Waals surface area contributed by atoms with Gasteiger partial charge in [0.25, 0.3) is 0 Å². The Labute approximate surface area is 500 Å². The van der Waals surface area contributed by atoms with E-state index in [1.807, 2.05) is 6.08 Å². The third-order valence-corrected chi connectivity index (χ3v) is 16.9. The molecule has 0 saturated carbocycles. The molecule has 1 amide bonds. The Bertz CT molecular complexity index is 1300. The normalized spacial score (nSPS) is 12.7. The summed E-state index contributed by atoms with van der Waals surface area (Å²) in [5.41, 5.74) is 0. The van der Waals surface area contributed by atoms with Gasteiger partial charge in [-0.2, -0.15) is 0 Å². The first-order valence-electron chi connectivity index (χ1n) is 36.3. The molecule has 3 N–H and O–H groups in total. The average molecular weight is 1120 g/mol. The molecule has 0 bridgehead atoms. The molecule has 6 heteroatoms. The fourth-order valence-electron chi connectivity index (χ4n) is 11.3. The highest BCUT2D eigenvalue weighted by molar-refractivity contribution is 5.76. The van der Waals surface area contributed by atoms with E-state index < -0.39 is 12.1 Å². The quantitative estimate of drug-likeness (QED) is 0.0320. The molecule has 0 aromatic carbocycles. The SMILES string of the molecule is CCCCCCCCC/C=C\CCCCCCCC(=O)OCCCCCCCCCCCCCC/C=C\CCCCCCCCCCCCC(=O)NC(CO)C(O)/C=C/CCCCCCCCCCCCCCCCCCCCC. The van der Waals surface area contributed by atoms with Crippen LogP contribution in [0.5, 0.6) is 0 Å². The number of esters is 1. The predicted octanol–water partition coefficient (Wildman–Crippen LogP) is 23.5. The molecular weight excluding hydrogens is 983 g/mol. The fraction of sp³-hybridized carbons (Fsp3) is 0.892. The maximum atomic E-state index is 12.5. The summed E-state index contributed by atoms with van der Waals surface area (Å²) < 4.78 is 5.49. The molecule has 0 saturated heterocycles. The summed E-state index contributed by atoms with van der Waals surface area (Å²) in [7, 11) is 0. The minimum Gasteiger partial charge on any atom is -0.466 e. The minimum absolute atomic E-state index is 0.00710. The number of rotatable bonds is 68. The number of hydrogen-bond acceptors (Lipinski definition) is 5. The summed E-state index contributed by atoms with van der Waals surface area (Å²) in [5.74, 6) is -0.0591. The van der Waals surface area contributed by atoms with E-state index in [2.05, 4.69) is 43.5 Å². The molecule has 472 valence electrons. The van der Waals surface area contributed by atoms with Gasteiger partial charge < -0.3 is 20.3 Å². The first-order chi connectivity index (χ1) is 39.5. The molecule has 0 aliphatic carbocycles. The van der Waals surface area contributed by atoms with Crippen LogP contribution in [0.2, 0.25) is 0 Å². The molecule has 80 heavy (non-hydrogen) atoms. The van der Waals surface area contributed by atoms with Crippen LogP contribution in [0.3, 0.4) is 0 Å². The zero-order valence-corrected chi connectivity index (χ0v) is 54.1. The Hall–Kier alpha value is -1.92. The predicted molar refractivity (Wildman–Crippen MR) is 352 cm³/mol. The minimum atomic E-state index is -0.847. The van der Waals surface area contributed by atoms with E-state index in [9.17, 15) is 19.8 Å². The lowest BCUT2D eigenvalue weighted by Gasteiger charge is -2.20. The van der Waals surface area contributed by atoms with Crippen molar-refractivity contribution in [2.45, 2.75) is 411 Å². The number of ether oxygens (including phenoxy) is 1. The van der Waals surface area contributed by atoms with Crippen molar-refractivity contribution in [3.63, 3.8) is 0 Å². The van der Waals surface area contributed by atoms with Crippen LogP contribution in [-0.4, -0.2) is 47.4 Å². The highest BCUT2D eigenvalue weighted by Gasteiger charge is 2.18. The molecule has 0 rings (SSSR count). The third-order valence-electron chi connectivity index (χ3n) is 16.9. The number of aliphatic hydroxyl groups excluding tert-OH is 2. The lowest BCUT2D eigenvalue weighted by molar-refractivity contribution is -0.143. The topological polar surface area (TPSA) is 95.9 Å². The van der Waals surface area contributed by atoms with Crippen LogP contribution < -0.4 is 5.32 Å². The number of amides is 1. The van der Waals surface area contributed by atoms with E-state index in [0.29, 0.717) is 19.4 Å². The number of nitrogens with one attached hydrogen (secondary N) is 1. The van der Waals surface area contributed by atoms with Gasteiger partial charge in [0.1, 0.15) is 0 Å². The second-order valence-electron chi connectivity index (χ2n) is 24.9. The van der Waals surface area contributed by atoms with Crippen LogP contribution in [0.4, 0.5) is 0 Å². The zero-order chi connectivity index (χ0) is 57.8. The molecule has 0 aromatic rings.